The van der Waals surface area contributed by atoms with E-state index >= 15 is 0 Å². The molecule has 2 aromatic rings. The highest BCUT2D eigenvalue weighted by Crippen LogP contribution is 2.23. The molecule has 0 amide bonds. The van der Waals surface area contributed by atoms with Crippen LogP contribution in [0.2, 0.25) is 0 Å². The van der Waals surface area contributed by atoms with Crippen molar-refractivity contribution in [1.82, 2.24) is 10.3 Å². The molecule has 5 nitrogen and oxygen atoms in total. The fourth-order valence-corrected chi connectivity index (χ4v) is 3.14. The maximum absolute atomic E-state index is 13.1. The predicted octanol–water partition coefficient (Wildman–Crippen LogP) is 3.73. The summed E-state index contributed by atoms with van der Waals surface area (Å²) < 4.78 is 17.9. The maximum Gasteiger partial charge on any atom is 0.339 e. The Morgan fingerprint density at radius 1 is 1.19 bits per heavy atom. The summed E-state index contributed by atoms with van der Waals surface area (Å²) in [6.45, 7) is 7.62. The number of nitrogens with one attached hydrogen (secondary N) is 2. The third kappa shape index (κ3) is 4.19. The highest BCUT2D eigenvalue weighted by atomic mass is 19.1. The zero-order valence-corrected chi connectivity index (χ0v) is 15.8. The number of aromatic nitrogens is 1. The molecule has 0 spiro atoms. The number of methoxy groups -OCH3 is 1. The summed E-state index contributed by atoms with van der Waals surface area (Å²) >= 11 is 0. The summed E-state index contributed by atoms with van der Waals surface area (Å²) in [5.41, 5.74) is 2.91. The van der Waals surface area contributed by atoms with E-state index in [0.717, 1.165) is 5.56 Å². The van der Waals surface area contributed by atoms with Crippen molar-refractivity contribution >= 4 is 11.8 Å². The minimum atomic E-state index is -0.463. The van der Waals surface area contributed by atoms with Crippen LogP contribution >= 0.6 is 0 Å². The van der Waals surface area contributed by atoms with E-state index in [1.807, 2.05) is 13.8 Å². The largest absolute Gasteiger partial charge is 0.465 e. The molecule has 26 heavy (non-hydrogen) atoms. The first-order valence-electron chi connectivity index (χ1n) is 8.55. The van der Waals surface area contributed by atoms with Crippen molar-refractivity contribution in [3.05, 3.63) is 58.2 Å². The van der Waals surface area contributed by atoms with Gasteiger partial charge in [-0.2, -0.15) is 0 Å². The standard InChI is InChI=1S/C20H25FN2O3/c1-11(2)18(14-6-8-15(21)9-7-14)22-10-16(24)19-12(3)17(13(4)23-19)20(25)26-5/h6-9,11,18,22-23H,10H2,1-5H3/t18-/m0/s1. The van der Waals surface area contributed by atoms with Gasteiger partial charge in [-0.25, -0.2) is 9.18 Å². The van der Waals surface area contributed by atoms with Gasteiger partial charge in [0.1, 0.15) is 5.82 Å². The second-order valence-corrected chi connectivity index (χ2v) is 6.69. The Kier molecular flexibility index (Phi) is 6.32. The number of benzene rings is 1. The number of hydrogen-bond donors (Lipinski definition) is 2. The zero-order chi connectivity index (χ0) is 19.4. The van der Waals surface area contributed by atoms with E-state index in [0.29, 0.717) is 22.5 Å². The lowest BCUT2D eigenvalue weighted by atomic mass is 9.95. The van der Waals surface area contributed by atoms with Gasteiger partial charge in [0.25, 0.3) is 0 Å². The van der Waals surface area contributed by atoms with Gasteiger partial charge in [0.2, 0.25) is 0 Å². The van der Waals surface area contributed by atoms with Gasteiger partial charge < -0.3 is 15.0 Å². The van der Waals surface area contributed by atoms with E-state index < -0.39 is 5.97 Å². The molecule has 140 valence electrons. The molecule has 0 saturated carbocycles. The number of aryl methyl sites for hydroxylation is 1. The number of hydrogen-bond acceptors (Lipinski definition) is 4. The molecule has 6 heteroatoms. The Morgan fingerprint density at radius 2 is 1.81 bits per heavy atom. The van der Waals surface area contributed by atoms with Crippen molar-refractivity contribution in [2.45, 2.75) is 33.7 Å². The maximum atomic E-state index is 13.1. The van der Waals surface area contributed by atoms with Crippen LogP contribution in [0.1, 0.15) is 57.6 Å². The third-order valence-electron chi connectivity index (χ3n) is 4.48. The van der Waals surface area contributed by atoms with Crippen molar-refractivity contribution in [3.8, 4) is 0 Å². The quantitative estimate of drug-likeness (QED) is 0.583. The van der Waals surface area contributed by atoms with Gasteiger partial charge in [-0.1, -0.05) is 26.0 Å². The van der Waals surface area contributed by atoms with Gasteiger partial charge >= 0.3 is 5.97 Å². The lowest BCUT2D eigenvalue weighted by molar-refractivity contribution is 0.0599. The average molecular weight is 360 g/mol. The molecule has 2 N–H and O–H groups in total. The normalized spacial score (nSPS) is 12.3. The fraction of sp³-hybridized carbons (Fsp3) is 0.400. The second kappa shape index (κ2) is 8.27. The molecule has 0 radical (unpaired) electrons. The van der Waals surface area contributed by atoms with Gasteiger partial charge in [0.05, 0.1) is 24.9 Å². The van der Waals surface area contributed by atoms with Crippen LogP contribution in [-0.2, 0) is 4.74 Å². The number of H-pyrrole nitrogens is 1. The molecule has 1 heterocycles. The number of esters is 1. The summed E-state index contributed by atoms with van der Waals surface area (Å²) in [5, 5.41) is 3.24. The molecule has 0 bridgehead atoms. The molecule has 0 aliphatic heterocycles. The molecular weight excluding hydrogens is 335 g/mol. The van der Waals surface area contributed by atoms with Gasteiger partial charge in [-0.15, -0.1) is 0 Å². The first kappa shape index (κ1) is 19.8. The van der Waals surface area contributed by atoms with Crippen LogP contribution in [0.4, 0.5) is 4.39 Å². The smallest absolute Gasteiger partial charge is 0.339 e. The van der Waals surface area contributed by atoms with Crippen molar-refractivity contribution in [3.63, 3.8) is 0 Å². The Balaban J connectivity index is 2.16. The Labute approximate surface area is 152 Å². The number of carbonyl (C=O) groups is 2. The predicted molar refractivity (Wildman–Crippen MR) is 97.9 cm³/mol. The Morgan fingerprint density at radius 3 is 2.35 bits per heavy atom. The van der Waals surface area contributed by atoms with Crippen molar-refractivity contribution in [1.29, 1.82) is 0 Å². The molecule has 2 rings (SSSR count). The van der Waals surface area contributed by atoms with E-state index in [9.17, 15) is 14.0 Å². The molecule has 0 unspecified atom stereocenters. The number of ether oxygens (including phenoxy) is 1. The lowest BCUT2D eigenvalue weighted by Crippen LogP contribution is -2.31. The Hall–Kier alpha value is -2.47. The minimum absolute atomic E-state index is 0.0870. The van der Waals surface area contributed by atoms with Crippen LogP contribution < -0.4 is 5.32 Å². The first-order chi connectivity index (χ1) is 12.3. The highest BCUT2D eigenvalue weighted by molar-refractivity contribution is 6.02. The van der Waals surface area contributed by atoms with Gasteiger partial charge in [-0.05, 0) is 43.0 Å². The summed E-state index contributed by atoms with van der Waals surface area (Å²) in [6, 6.07) is 6.18. The van der Waals surface area contributed by atoms with Gasteiger partial charge in [0, 0.05) is 11.7 Å². The molecule has 0 aliphatic rings. The van der Waals surface area contributed by atoms with Gasteiger partial charge in [0.15, 0.2) is 5.78 Å². The van der Waals surface area contributed by atoms with Crippen molar-refractivity contribution in [2.24, 2.45) is 5.92 Å². The fourth-order valence-electron chi connectivity index (χ4n) is 3.14. The molecule has 0 saturated heterocycles. The zero-order valence-electron chi connectivity index (χ0n) is 15.8. The SMILES string of the molecule is COC(=O)c1c(C)[nH]c(C(=O)CN[C@H](c2ccc(F)cc2)C(C)C)c1C. The van der Waals surface area contributed by atoms with Crippen LogP contribution in [-0.4, -0.2) is 30.4 Å². The number of carbonyl (C=O) groups excluding carboxylic acids is 2. The molecule has 1 atom stereocenters. The monoisotopic (exact) mass is 360 g/mol. The molecule has 1 aromatic carbocycles. The minimum Gasteiger partial charge on any atom is -0.465 e. The third-order valence-corrected chi connectivity index (χ3v) is 4.48. The number of Topliss-reactive ketones (excluding diaryl/α,β-unsaturated/α-hetero) is 1. The first-order valence-corrected chi connectivity index (χ1v) is 8.55. The summed E-state index contributed by atoms with van der Waals surface area (Å²) in [5.74, 6) is -0.686. The summed E-state index contributed by atoms with van der Waals surface area (Å²) in [6.07, 6.45) is 0. The topological polar surface area (TPSA) is 71.2 Å². The second-order valence-electron chi connectivity index (χ2n) is 6.69. The van der Waals surface area contributed by atoms with E-state index in [4.69, 9.17) is 4.74 Å². The van der Waals surface area contributed by atoms with Crippen LogP contribution in [0, 0.1) is 25.6 Å². The van der Waals surface area contributed by atoms with Crippen molar-refractivity contribution in [2.75, 3.05) is 13.7 Å². The van der Waals surface area contributed by atoms with Crippen LogP contribution in [0.15, 0.2) is 24.3 Å². The van der Waals surface area contributed by atoms with Crippen LogP contribution in [0.25, 0.3) is 0 Å². The van der Waals surface area contributed by atoms with Gasteiger partial charge in [-0.3, -0.25) is 4.79 Å². The van der Waals surface area contributed by atoms with E-state index in [-0.39, 0.29) is 30.1 Å². The van der Waals surface area contributed by atoms with E-state index in [2.05, 4.69) is 10.3 Å². The van der Waals surface area contributed by atoms with Crippen molar-refractivity contribution < 1.29 is 18.7 Å². The summed E-state index contributed by atoms with van der Waals surface area (Å²) in [4.78, 5) is 27.5. The number of halogens is 1. The molecule has 0 aliphatic carbocycles. The number of rotatable bonds is 7. The summed E-state index contributed by atoms with van der Waals surface area (Å²) in [7, 11) is 1.31. The molecule has 1 aromatic heterocycles. The molecule has 0 fully saturated rings. The number of aromatic amines is 1. The van der Waals surface area contributed by atoms with E-state index in [1.165, 1.54) is 19.2 Å². The van der Waals surface area contributed by atoms with E-state index in [1.54, 1.807) is 26.0 Å². The highest BCUT2D eigenvalue weighted by Gasteiger charge is 2.23. The van der Waals surface area contributed by atoms with Crippen LogP contribution in [0.5, 0.6) is 0 Å². The van der Waals surface area contributed by atoms with Crippen LogP contribution in [0.3, 0.4) is 0 Å². The average Bonchev–Trinajstić information content (AvgIpc) is 2.90. The molecular formula is C20H25FN2O3. The lowest BCUT2D eigenvalue weighted by Gasteiger charge is -2.22. The number of ketones is 1. The Bertz CT molecular complexity index is 794.